The third kappa shape index (κ3) is 2.56. The molecule has 0 bridgehead atoms. The monoisotopic (exact) mass is 219 g/mol. The van der Waals surface area contributed by atoms with Gasteiger partial charge in [-0.25, -0.2) is 0 Å². The topological polar surface area (TPSA) is 35.2 Å². The fraction of sp³-hybridized carbons (Fsp3) is 0.571. The van der Waals surface area contributed by atoms with Crippen molar-refractivity contribution in [2.45, 2.75) is 45.1 Å². The van der Waals surface area contributed by atoms with Gasteiger partial charge < -0.3 is 10.5 Å². The first-order valence-corrected chi connectivity index (χ1v) is 6.14. The quantitative estimate of drug-likeness (QED) is 0.845. The Kier molecular flexibility index (Phi) is 3.20. The van der Waals surface area contributed by atoms with Crippen LogP contribution in [0.1, 0.15) is 37.8 Å². The van der Waals surface area contributed by atoms with Crippen LogP contribution in [0.25, 0.3) is 0 Å². The van der Waals surface area contributed by atoms with Crippen molar-refractivity contribution >= 4 is 0 Å². The predicted octanol–water partition coefficient (Wildman–Crippen LogP) is 2.68. The van der Waals surface area contributed by atoms with Gasteiger partial charge in [0.2, 0.25) is 0 Å². The van der Waals surface area contributed by atoms with Gasteiger partial charge in [-0.05, 0) is 43.4 Å². The van der Waals surface area contributed by atoms with E-state index in [0.29, 0.717) is 0 Å². The fourth-order valence-electron chi connectivity index (χ4n) is 2.00. The third-order valence-electron chi connectivity index (χ3n) is 3.55. The van der Waals surface area contributed by atoms with E-state index in [0.717, 1.165) is 38.0 Å². The van der Waals surface area contributed by atoms with Crippen LogP contribution in [0.15, 0.2) is 18.2 Å². The highest BCUT2D eigenvalue weighted by atomic mass is 16.5. The Bertz CT molecular complexity index is 371. The van der Waals surface area contributed by atoms with Gasteiger partial charge in [0.1, 0.15) is 5.75 Å². The Morgan fingerprint density at radius 3 is 3.00 bits per heavy atom. The standard InChI is InChI=1S/C14H21NO/c1-3-14(2,15)8-6-11-4-5-13-12(10-11)7-9-16-13/h4-5,10H,3,6-9,15H2,1-2H3. The van der Waals surface area contributed by atoms with Gasteiger partial charge >= 0.3 is 0 Å². The second-order valence-electron chi connectivity index (χ2n) is 5.05. The van der Waals surface area contributed by atoms with E-state index in [4.69, 9.17) is 10.5 Å². The predicted molar refractivity (Wildman–Crippen MR) is 66.8 cm³/mol. The average molecular weight is 219 g/mol. The lowest BCUT2D eigenvalue weighted by Crippen LogP contribution is -2.35. The molecule has 2 nitrogen and oxygen atoms in total. The molecule has 2 rings (SSSR count). The molecule has 1 aromatic rings. The summed E-state index contributed by atoms with van der Waals surface area (Å²) in [7, 11) is 0. The average Bonchev–Trinajstić information content (AvgIpc) is 2.73. The smallest absolute Gasteiger partial charge is 0.122 e. The van der Waals surface area contributed by atoms with Gasteiger partial charge in [-0.15, -0.1) is 0 Å². The summed E-state index contributed by atoms with van der Waals surface area (Å²) in [6.07, 6.45) is 4.19. The van der Waals surface area contributed by atoms with Crippen molar-refractivity contribution < 1.29 is 4.74 Å². The van der Waals surface area contributed by atoms with E-state index in [2.05, 4.69) is 32.0 Å². The zero-order valence-electron chi connectivity index (χ0n) is 10.3. The Labute approximate surface area is 97.8 Å². The second kappa shape index (κ2) is 4.46. The number of fused-ring (bicyclic) bond motifs is 1. The molecule has 1 unspecified atom stereocenters. The molecule has 0 amide bonds. The normalized spacial score (nSPS) is 17.7. The van der Waals surface area contributed by atoms with Crippen LogP contribution in [-0.2, 0) is 12.8 Å². The summed E-state index contributed by atoms with van der Waals surface area (Å²) in [6, 6.07) is 6.53. The molecular weight excluding hydrogens is 198 g/mol. The maximum atomic E-state index is 6.15. The van der Waals surface area contributed by atoms with Crippen LogP contribution in [0.5, 0.6) is 5.75 Å². The molecule has 1 aliphatic rings. The fourth-order valence-corrected chi connectivity index (χ4v) is 2.00. The number of benzene rings is 1. The zero-order valence-corrected chi connectivity index (χ0v) is 10.3. The molecule has 0 saturated carbocycles. The molecule has 1 heterocycles. The maximum absolute atomic E-state index is 6.15. The zero-order chi connectivity index (χ0) is 11.6. The van der Waals surface area contributed by atoms with Crippen molar-refractivity contribution in [3.63, 3.8) is 0 Å². The molecule has 0 fully saturated rings. The molecule has 1 aliphatic heterocycles. The summed E-state index contributed by atoms with van der Waals surface area (Å²) in [6.45, 7) is 5.11. The summed E-state index contributed by atoms with van der Waals surface area (Å²) in [5.74, 6) is 1.06. The molecule has 88 valence electrons. The minimum atomic E-state index is -0.0322. The summed E-state index contributed by atoms with van der Waals surface area (Å²) >= 11 is 0. The van der Waals surface area contributed by atoms with Gasteiger partial charge in [-0.3, -0.25) is 0 Å². The highest BCUT2D eigenvalue weighted by Gasteiger charge is 2.16. The first kappa shape index (κ1) is 11.5. The number of hydrogen-bond donors (Lipinski definition) is 1. The molecule has 2 N–H and O–H groups in total. The minimum Gasteiger partial charge on any atom is -0.493 e. The molecule has 0 spiro atoms. The second-order valence-corrected chi connectivity index (χ2v) is 5.05. The Hall–Kier alpha value is -1.02. The summed E-state index contributed by atoms with van der Waals surface area (Å²) in [5, 5.41) is 0. The lowest BCUT2D eigenvalue weighted by Gasteiger charge is -2.22. The van der Waals surface area contributed by atoms with Crippen LogP contribution in [0.2, 0.25) is 0 Å². The molecule has 1 aromatic carbocycles. The van der Waals surface area contributed by atoms with Gasteiger partial charge in [0, 0.05) is 12.0 Å². The van der Waals surface area contributed by atoms with E-state index >= 15 is 0 Å². The SMILES string of the molecule is CCC(C)(N)CCc1ccc2c(c1)CCO2. The molecule has 2 heteroatoms. The van der Waals surface area contributed by atoms with Gasteiger partial charge in [-0.1, -0.05) is 19.1 Å². The van der Waals surface area contributed by atoms with Crippen molar-refractivity contribution in [2.24, 2.45) is 5.73 Å². The van der Waals surface area contributed by atoms with Crippen molar-refractivity contribution in [3.05, 3.63) is 29.3 Å². The Morgan fingerprint density at radius 2 is 2.25 bits per heavy atom. The van der Waals surface area contributed by atoms with Crippen molar-refractivity contribution in [1.82, 2.24) is 0 Å². The van der Waals surface area contributed by atoms with E-state index in [1.165, 1.54) is 11.1 Å². The highest BCUT2D eigenvalue weighted by molar-refractivity contribution is 5.39. The lowest BCUT2D eigenvalue weighted by molar-refractivity contribution is 0.357. The molecule has 1 atom stereocenters. The molecule has 0 aromatic heterocycles. The summed E-state index contributed by atoms with van der Waals surface area (Å²) < 4.78 is 5.50. The maximum Gasteiger partial charge on any atom is 0.122 e. The van der Waals surface area contributed by atoms with E-state index in [-0.39, 0.29) is 5.54 Å². The third-order valence-corrected chi connectivity index (χ3v) is 3.55. The minimum absolute atomic E-state index is 0.0322. The van der Waals surface area contributed by atoms with Crippen LogP contribution in [0.4, 0.5) is 0 Å². The molecule has 0 saturated heterocycles. The number of nitrogens with two attached hydrogens (primary N) is 1. The van der Waals surface area contributed by atoms with Crippen LogP contribution in [0, 0.1) is 0 Å². The van der Waals surface area contributed by atoms with Gasteiger partial charge in [0.05, 0.1) is 6.61 Å². The Morgan fingerprint density at radius 1 is 1.44 bits per heavy atom. The van der Waals surface area contributed by atoms with Crippen molar-refractivity contribution in [1.29, 1.82) is 0 Å². The van der Waals surface area contributed by atoms with Crippen LogP contribution in [0.3, 0.4) is 0 Å². The van der Waals surface area contributed by atoms with Crippen molar-refractivity contribution in [2.75, 3.05) is 6.61 Å². The molecule has 16 heavy (non-hydrogen) atoms. The number of aryl methyl sites for hydroxylation is 1. The van der Waals surface area contributed by atoms with Crippen LogP contribution in [-0.4, -0.2) is 12.1 Å². The van der Waals surface area contributed by atoms with Gasteiger partial charge in [0.15, 0.2) is 0 Å². The number of hydrogen-bond acceptors (Lipinski definition) is 2. The molecular formula is C14H21NO. The number of ether oxygens (including phenoxy) is 1. The van der Waals surface area contributed by atoms with Crippen LogP contribution >= 0.6 is 0 Å². The largest absolute Gasteiger partial charge is 0.493 e. The van der Waals surface area contributed by atoms with Crippen molar-refractivity contribution in [3.8, 4) is 5.75 Å². The first-order valence-electron chi connectivity index (χ1n) is 6.14. The summed E-state index contributed by atoms with van der Waals surface area (Å²) in [5.41, 5.74) is 8.86. The Balaban J connectivity index is 2.00. The summed E-state index contributed by atoms with van der Waals surface area (Å²) in [4.78, 5) is 0. The van der Waals surface area contributed by atoms with Gasteiger partial charge in [0.25, 0.3) is 0 Å². The van der Waals surface area contributed by atoms with E-state index < -0.39 is 0 Å². The van der Waals surface area contributed by atoms with E-state index in [1.807, 2.05) is 0 Å². The lowest BCUT2D eigenvalue weighted by atomic mass is 9.91. The van der Waals surface area contributed by atoms with E-state index in [9.17, 15) is 0 Å². The van der Waals surface area contributed by atoms with Gasteiger partial charge in [-0.2, -0.15) is 0 Å². The number of rotatable bonds is 4. The highest BCUT2D eigenvalue weighted by Crippen LogP contribution is 2.27. The van der Waals surface area contributed by atoms with E-state index in [1.54, 1.807) is 0 Å². The van der Waals surface area contributed by atoms with Crippen LogP contribution < -0.4 is 10.5 Å². The first-order chi connectivity index (χ1) is 7.61. The molecule has 0 aliphatic carbocycles. The molecule has 0 radical (unpaired) electrons.